The SMILES string of the molecule is CCCn1nc(NC(=O)c2ccon2)c(CC)c1-c1cc(C(C)C)c(OCc2ccccc2)cc1OCc1ccccc1. The molecule has 0 unspecified atom stereocenters. The van der Waals surface area contributed by atoms with Crippen LogP contribution in [-0.4, -0.2) is 20.8 Å². The molecular weight excluding hydrogens is 540 g/mol. The maximum atomic E-state index is 12.9. The lowest BCUT2D eigenvalue weighted by atomic mass is 9.95. The number of hydrogen-bond acceptors (Lipinski definition) is 6. The van der Waals surface area contributed by atoms with Crippen molar-refractivity contribution in [2.24, 2.45) is 0 Å². The fourth-order valence-electron chi connectivity index (χ4n) is 5.04. The van der Waals surface area contributed by atoms with Crippen molar-refractivity contribution in [3.8, 4) is 22.8 Å². The van der Waals surface area contributed by atoms with Crippen LogP contribution in [-0.2, 0) is 26.2 Å². The van der Waals surface area contributed by atoms with Gasteiger partial charge in [0.15, 0.2) is 11.5 Å². The van der Waals surface area contributed by atoms with Gasteiger partial charge in [0, 0.05) is 29.8 Å². The van der Waals surface area contributed by atoms with Crippen LogP contribution in [0, 0.1) is 0 Å². The first-order chi connectivity index (χ1) is 21.0. The summed E-state index contributed by atoms with van der Waals surface area (Å²) in [5.74, 6) is 1.79. The lowest BCUT2D eigenvalue weighted by Gasteiger charge is -2.21. The third kappa shape index (κ3) is 6.97. The van der Waals surface area contributed by atoms with Crippen LogP contribution in [0.3, 0.4) is 0 Å². The van der Waals surface area contributed by atoms with Crippen LogP contribution >= 0.6 is 0 Å². The highest BCUT2D eigenvalue weighted by molar-refractivity contribution is 6.03. The quantitative estimate of drug-likeness (QED) is 0.152. The number of anilines is 1. The molecule has 2 heterocycles. The average molecular weight is 579 g/mol. The highest BCUT2D eigenvalue weighted by Gasteiger charge is 2.25. The Hall–Kier alpha value is -4.85. The van der Waals surface area contributed by atoms with Crippen molar-refractivity contribution in [3.05, 3.63) is 113 Å². The molecule has 0 atom stereocenters. The molecule has 0 bridgehead atoms. The predicted molar refractivity (Wildman–Crippen MR) is 167 cm³/mol. The van der Waals surface area contributed by atoms with Crippen molar-refractivity contribution < 1.29 is 18.8 Å². The van der Waals surface area contributed by atoms with Crippen LogP contribution < -0.4 is 14.8 Å². The number of rotatable bonds is 13. The van der Waals surface area contributed by atoms with Gasteiger partial charge in [-0.3, -0.25) is 9.48 Å². The van der Waals surface area contributed by atoms with Gasteiger partial charge in [-0.05, 0) is 41.5 Å². The molecule has 0 fully saturated rings. The standard InChI is InChI=1S/C35H38N4O4/c1-5-18-39-33(27(6-2)34(37-39)36-35(40)30-17-19-43-38-30)29-20-28(24(3)4)31(41-22-25-13-9-7-10-14-25)21-32(29)42-23-26-15-11-8-12-16-26/h7-17,19-21,24H,5-6,18,22-23H2,1-4H3,(H,36,37,40). The summed E-state index contributed by atoms with van der Waals surface area (Å²) in [4.78, 5) is 12.9. The molecule has 1 amide bonds. The van der Waals surface area contributed by atoms with E-state index in [2.05, 4.69) is 56.4 Å². The van der Waals surface area contributed by atoms with Gasteiger partial charge in [0.1, 0.15) is 31.0 Å². The molecule has 43 heavy (non-hydrogen) atoms. The molecule has 0 aliphatic carbocycles. The average Bonchev–Trinajstić information content (AvgIpc) is 3.68. The van der Waals surface area contributed by atoms with Crippen molar-refractivity contribution >= 4 is 11.7 Å². The Kier molecular flexibility index (Phi) is 9.56. The molecule has 222 valence electrons. The Labute approximate surface area is 252 Å². The van der Waals surface area contributed by atoms with Crippen molar-refractivity contribution in [2.75, 3.05) is 5.32 Å². The lowest BCUT2D eigenvalue weighted by molar-refractivity contribution is 0.101. The first kappa shape index (κ1) is 29.6. The normalized spacial score (nSPS) is 11.1. The zero-order valence-electron chi connectivity index (χ0n) is 25.2. The summed E-state index contributed by atoms with van der Waals surface area (Å²) < 4.78 is 19.8. The van der Waals surface area contributed by atoms with Gasteiger partial charge < -0.3 is 19.3 Å². The van der Waals surface area contributed by atoms with E-state index in [0.29, 0.717) is 37.7 Å². The van der Waals surface area contributed by atoms with Crippen molar-refractivity contribution in [2.45, 2.75) is 66.2 Å². The Balaban J connectivity index is 1.61. The molecule has 3 aromatic carbocycles. The molecule has 0 radical (unpaired) electrons. The summed E-state index contributed by atoms with van der Waals surface area (Å²) in [6.07, 6.45) is 2.89. The molecule has 0 saturated heterocycles. The molecule has 0 aliphatic heterocycles. The van der Waals surface area contributed by atoms with E-state index in [1.54, 1.807) is 0 Å². The number of nitrogens with zero attached hydrogens (tertiary/aromatic N) is 3. The van der Waals surface area contributed by atoms with E-state index < -0.39 is 0 Å². The smallest absolute Gasteiger partial charge is 0.279 e. The highest BCUT2D eigenvalue weighted by atomic mass is 16.5. The predicted octanol–water partition coefficient (Wildman–Crippen LogP) is 8.04. The second kappa shape index (κ2) is 13.9. The Bertz CT molecular complexity index is 1630. The van der Waals surface area contributed by atoms with Crippen molar-refractivity contribution in [1.29, 1.82) is 0 Å². The lowest BCUT2D eigenvalue weighted by Crippen LogP contribution is -2.14. The Morgan fingerprint density at radius 2 is 1.56 bits per heavy atom. The molecule has 0 spiro atoms. The number of carbonyl (C=O) groups is 1. The van der Waals surface area contributed by atoms with Gasteiger partial charge in [-0.1, -0.05) is 93.5 Å². The number of hydrogen-bond donors (Lipinski definition) is 1. The fourth-order valence-corrected chi connectivity index (χ4v) is 5.04. The van der Waals surface area contributed by atoms with Gasteiger partial charge >= 0.3 is 0 Å². The van der Waals surface area contributed by atoms with Crippen LogP contribution in [0.25, 0.3) is 11.3 Å². The second-order valence-electron chi connectivity index (χ2n) is 10.7. The number of benzene rings is 3. The molecule has 0 saturated carbocycles. The van der Waals surface area contributed by atoms with E-state index in [1.807, 2.05) is 59.3 Å². The minimum absolute atomic E-state index is 0.187. The molecule has 5 rings (SSSR count). The molecule has 2 aromatic heterocycles. The molecule has 0 aliphatic rings. The van der Waals surface area contributed by atoms with E-state index in [1.165, 1.54) is 12.3 Å². The van der Waals surface area contributed by atoms with Crippen LogP contribution in [0.2, 0.25) is 0 Å². The Morgan fingerprint density at radius 1 is 0.907 bits per heavy atom. The third-order valence-corrected chi connectivity index (χ3v) is 7.21. The van der Waals surface area contributed by atoms with E-state index in [9.17, 15) is 4.79 Å². The van der Waals surface area contributed by atoms with Crippen molar-refractivity contribution in [3.63, 3.8) is 0 Å². The highest BCUT2D eigenvalue weighted by Crippen LogP contribution is 2.42. The molecule has 1 N–H and O–H groups in total. The monoisotopic (exact) mass is 578 g/mol. The van der Waals surface area contributed by atoms with Gasteiger partial charge in [0.2, 0.25) is 0 Å². The number of ether oxygens (including phenoxy) is 2. The second-order valence-corrected chi connectivity index (χ2v) is 10.7. The zero-order valence-corrected chi connectivity index (χ0v) is 25.2. The topological polar surface area (TPSA) is 91.4 Å². The number of amides is 1. The van der Waals surface area contributed by atoms with E-state index >= 15 is 0 Å². The number of aryl methyl sites for hydroxylation is 1. The minimum atomic E-state index is -0.371. The third-order valence-electron chi connectivity index (χ3n) is 7.21. The summed E-state index contributed by atoms with van der Waals surface area (Å²) in [5, 5.41) is 11.6. The van der Waals surface area contributed by atoms with E-state index in [4.69, 9.17) is 19.1 Å². The van der Waals surface area contributed by atoms with Crippen LogP contribution in [0.1, 0.15) is 72.8 Å². The van der Waals surface area contributed by atoms with Gasteiger partial charge in [0.25, 0.3) is 5.91 Å². The maximum Gasteiger partial charge on any atom is 0.279 e. The summed E-state index contributed by atoms with van der Waals surface area (Å²) in [6.45, 7) is 10.0. The molecular formula is C35H38N4O4. The maximum absolute atomic E-state index is 12.9. The first-order valence-electron chi connectivity index (χ1n) is 14.8. The van der Waals surface area contributed by atoms with Crippen LogP contribution in [0.4, 0.5) is 5.82 Å². The first-order valence-corrected chi connectivity index (χ1v) is 14.8. The van der Waals surface area contributed by atoms with Gasteiger partial charge in [-0.15, -0.1) is 0 Å². The minimum Gasteiger partial charge on any atom is -0.488 e. The van der Waals surface area contributed by atoms with Gasteiger partial charge in [0.05, 0.1) is 5.69 Å². The summed E-state index contributed by atoms with van der Waals surface area (Å²) >= 11 is 0. The fraction of sp³-hybridized carbons (Fsp3) is 0.286. The summed E-state index contributed by atoms with van der Waals surface area (Å²) in [7, 11) is 0. The summed E-state index contributed by atoms with van der Waals surface area (Å²) in [5.41, 5.74) is 6.16. The van der Waals surface area contributed by atoms with Gasteiger partial charge in [-0.25, -0.2) is 0 Å². The van der Waals surface area contributed by atoms with E-state index in [0.717, 1.165) is 45.7 Å². The zero-order chi connectivity index (χ0) is 30.2. The van der Waals surface area contributed by atoms with Crippen LogP contribution in [0.5, 0.6) is 11.5 Å². The number of nitrogens with one attached hydrogen (secondary N) is 1. The number of carbonyl (C=O) groups excluding carboxylic acids is 1. The van der Waals surface area contributed by atoms with Crippen molar-refractivity contribution in [1.82, 2.24) is 14.9 Å². The van der Waals surface area contributed by atoms with Gasteiger partial charge in [-0.2, -0.15) is 5.10 Å². The molecule has 8 heteroatoms. The molecule has 8 nitrogen and oxygen atoms in total. The van der Waals surface area contributed by atoms with Crippen LogP contribution in [0.15, 0.2) is 89.6 Å². The largest absolute Gasteiger partial charge is 0.488 e. The molecule has 5 aromatic rings. The Morgan fingerprint density at radius 3 is 2.12 bits per heavy atom. The number of aromatic nitrogens is 3. The summed E-state index contributed by atoms with van der Waals surface area (Å²) in [6, 6.07) is 25.9. The van der Waals surface area contributed by atoms with E-state index in [-0.39, 0.29) is 17.5 Å².